The number of aromatic hydroxyl groups is 1. The number of nitrogens with one attached hydrogen (secondary N) is 1. The summed E-state index contributed by atoms with van der Waals surface area (Å²) in [4.78, 5) is 54.3. The maximum absolute atomic E-state index is 13.3. The number of amides is 2. The number of nitrogens with zero attached hydrogens (tertiary/aromatic N) is 3. The number of piperidine rings is 1. The molecule has 0 saturated carbocycles. The molecule has 13 nitrogen and oxygen atoms in total. The van der Waals surface area contributed by atoms with Gasteiger partial charge in [-0.1, -0.05) is 6.07 Å². The minimum absolute atomic E-state index is 0.0374. The number of amidine groups is 1. The van der Waals surface area contributed by atoms with Crippen LogP contribution in [0.4, 0.5) is 5.69 Å². The molecule has 1 spiro atoms. The molecule has 2 aromatic carbocycles. The van der Waals surface area contributed by atoms with Crippen LogP contribution in [-0.4, -0.2) is 91.1 Å². The highest BCUT2D eigenvalue weighted by atomic mass is 32.2. The van der Waals surface area contributed by atoms with Gasteiger partial charge in [-0.25, -0.2) is 12.7 Å². The summed E-state index contributed by atoms with van der Waals surface area (Å²) >= 11 is 0. The number of hydrogen-bond donors (Lipinski definition) is 2. The summed E-state index contributed by atoms with van der Waals surface area (Å²) in [6.07, 6.45) is -0.132. The van der Waals surface area contributed by atoms with Gasteiger partial charge in [0, 0.05) is 45.1 Å². The van der Waals surface area contributed by atoms with Crippen molar-refractivity contribution in [2.24, 2.45) is 4.99 Å². The Balaban J connectivity index is 1.38. The van der Waals surface area contributed by atoms with Crippen LogP contribution in [0.15, 0.2) is 47.5 Å². The standard InChI is InChI=1S/C31H38N4O9S/c1-20-17-26(35(21(2)36)18-28(44-23(4)38)19-43-22(3)37)8-5-24(20)11-16-45(41,42)34-14-12-31(13-15-34)30(40)32-29(33-31)25-6-9-27(39)10-7-25/h5-10,17,28,39H,11-16,18-19H2,1-4H3,(H,32,33,40). The first-order chi connectivity index (χ1) is 21.2. The monoisotopic (exact) mass is 642 g/mol. The van der Waals surface area contributed by atoms with E-state index in [1.54, 1.807) is 30.3 Å². The molecule has 2 amide bonds. The first-order valence-electron chi connectivity index (χ1n) is 14.6. The Bertz CT molecular complexity index is 1600. The van der Waals surface area contributed by atoms with Gasteiger partial charge >= 0.3 is 11.9 Å². The minimum atomic E-state index is -3.64. The van der Waals surface area contributed by atoms with E-state index in [9.17, 15) is 32.7 Å². The lowest BCUT2D eigenvalue weighted by Gasteiger charge is -2.34. The summed E-state index contributed by atoms with van der Waals surface area (Å²) < 4.78 is 38.2. The van der Waals surface area contributed by atoms with Crippen LogP contribution in [-0.2, 0) is 45.1 Å². The van der Waals surface area contributed by atoms with E-state index in [0.717, 1.165) is 11.1 Å². The van der Waals surface area contributed by atoms with E-state index in [2.05, 4.69) is 10.3 Å². The van der Waals surface area contributed by atoms with Crippen LogP contribution in [0.2, 0.25) is 0 Å². The van der Waals surface area contributed by atoms with Crippen molar-refractivity contribution in [2.45, 2.75) is 58.6 Å². The molecule has 4 rings (SSSR count). The Labute approximate surface area is 262 Å². The van der Waals surface area contributed by atoms with Crippen molar-refractivity contribution in [3.63, 3.8) is 0 Å². The summed E-state index contributed by atoms with van der Waals surface area (Å²) in [6, 6.07) is 11.5. The lowest BCUT2D eigenvalue weighted by molar-refractivity contribution is -0.155. The fraction of sp³-hybridized carbons (Fsp3) is 0.452. The average Bonchev–Trinajstić information content (AvgIpc) is 3.28. The topological polar surface area (TPSA) is 172 Å². The summed E-state index contributed by atoms with van der Waals surface area (Å²) in [5.74, 6) is -1.33. The first-order valence-corrected chi connectivity index (χ1v) is 16.2. The molecular weight excluding hydrogens is 604 g/mol. The number of esters is 2. The molecular formula is C31H38N4O9S. The molecule has 1 saturated heterocycles. The fourth-order valence-electron chi connectivity index (χ4n) is 5.43. The van der Waals surface area contributed by atoms with Crippen LogP contribution in [0.5, 0.6) is 5.75 Å². The summed E-state index contributed by atoms with van der Waals surface area (Å²) in [7, 11) is -3.64. The second-order valence-corrected chi connectivity index (χ2v) is 13.3. The molecule has 1 atom stereocenters. The van der Waals surface area contributed by atoms with Crippen LogP contribution >= 0.6 is 0 Å². The largest absolute Gasteiger partial charge is 0.508 e. The van der Waals surface area contributed by atoms with E-state index in [-0.39, 0.29) is 68.8 Å². The van der Waals surface area contributed by atoms with Crippen LogP contribution in [0.1, 0.15) is 50.3 Å². The Kier molecular flexibility index (Phi) is 10.3. The van der Waals surface area contributed by atoms with Crippen molar-refractivity contribution in [2.75, 3.05) is 36.9 Å². The average molecular weight is 643 g/mol. The molecule has 2 aliphatic rings. The Morgan fingerprint density at radius 3 is 2.31 bits per heavy atom. The van der Waals surface area contributed by atoms with Crippen molar-refractivity contribution in [3.05, 3.63) is 59.2 Å². The molecule has 2 heterocycles. The third-order valence-electron chi connectivity index (χ3n) is 7.90. The molecule has 0 radical (unpaired) electrons. The third kappa shape index (κ3) is 8.25. The number of hydrogen-bond acceptors (Lipinski definition) is 10. The van der Waals surface area contributed by atoms with Crippen molar-refractivity contribution < 1.29 is 42.2 Å². The van der Waals surface area contributed by atoms with Gasteiger partial charge < -0.3 is 24.8 Å². The molecule has 1 unspecified atom stereocenters. The molecule has 45 heavy (non-hydrogen) atoms. The van der Waals surface area contributed by atoms with Crippen LogP contribution < -0.4 is 10.2 Å². The highest BCUT2D eigenvalue weighted by molar-refractivity contribution is 7.89. The Morgan fingerprint density at radius 2 is 1.73 bits per heavy atom. The Morgan fingerprint density at radius 1 is 1.07 bits per heavy atom. The van der Waals surface area contributed by atoms with Gasteiger partial charge in [0.15, 0.2) is 6.10 Å². The maximum atomic E-state index is 13.3. The predicted molar refractivity (Wildman–Crippen MR) is 165 cm³/mol. The zero-order valence-corrected chi connectivity index (χ0v) is 26.6. The molecule has 242 valence electrons. The Hall–Kier alpha value is -4.30. The molecule has 14 heteroatoms. The number of aliphatic imine (C=N–C) groups is 1. The number of ether oxygens (including phenoxy) is 2. The number of phenols is 1. The van der Waals surface area contributed by atoms with Crippen molar-refractivity contribution in [1.29, 1.82) is 0 Å². The van der Waals surface area contributed by atoms with Gasteiger partial charge in [-0.3, -0.25) is 24.2 Å². The fourth-order valence-corrected chi connectivity index (χ4v) is 6.91. The SMILES string of the molecule is CC(=O)OCC(CN(C(C)=O)c1ccc(CCS(=O)(=O)N2CCC3(CC2)N=C(c2ccc(O)cc2)NC3=O)c(C)c1)OC(C)=O. The summed E-state index contributed by atoms with van der Waals surface area (Å²) in [5, 5.41) is 12.3. The van der Waals surface area contributed by atoms with E-state index >= 15 is 0 Å². The number of benzene rings is 2. The number of aryl methyl sites for hydroxylation is 2. The molecule has 1 fully saturated rings. The first kappa shape index (κ1) is 33.6. The second-order valence-electron chi connectivity index (χ2n) is 11.2. The van der Waals surface area contributed by atoms with Gasteiger partial charge in [0.1, 0.15) is 23.7 Å². The zero-order chi connectivity index (χ0) is 32.9. The van der Waals surface area contributed by atoms with Crippen LogP contribution in [0, 0.1) is 6.92 Å². The number of anilines is 1. The molecule has 2 N–H and O–H groups in total. The van der Waals surface area contributed by atoms with Gasteiger partial charge in [-0.15, -0.1) is 0 Å². The van der Waals surface area contributed by atoms with E-state index in [4.69, 9.17) is 9.47 Å². The lowest BCUT2D eigenvalue weighted by Crippen LogP contribution is -2.50. The zero-order valence-electron chi connectivity index (χ0n) is 25.7. The highest BCUT2D eigenvalue weighted by Crippen LogP contribution is 2.32. The van der Waals surface area contributed by atoms with Gasteiger partial charge in [-0.2, -0.15) is 0 Å². The van der Waals surface area contributed by atoms with E-state index in [1.165, 1.54) is 42.1 Å². The third-order valence-corrected chi connectivity index (χ3v) is 9.77. The van der Waals surface area contributed by atoms with E-state index < -0.39 is 33.6 Å². The number of phenolic OH excluding ortho intramolecular Hbond substituents is 1. The summed E-state index contributed by atoms with van der Waals surface area (Å²) in [5.41, 5.74) is 1.71. The number of carbonyl (C=O) groups excluding carboxylic acids is 4. The number of sulfonamides is 1. The maximum Gasteiger partial charge on any atom is 0.303 e. The van der Waals surface area contributed by atoms with E-state index in [0.29, 0.717) is 17.1 Å². The van der Waals surface area contributed by atoms with Gasteiger partial charge in [0.05, 0.1) is 12.3 Å². The van der Waals surface area contributed by atoms with E-state index in [1.807, 2.05) is 6.92 Å². The second kappa shape index (κ2) is 13.8. The molecule has 2 aliphatic heterocycles. The quantitative estimate of drug-likeness (QED) is 0.347. The van der Waals surface area contributed by atoms with Crippen LogP contribution in [0.3, 0.4) is 0 Å². The smallest absolute Gasteiger partial charge is 0.303 e. The highest BCUT2D eigenvalue weighted by Gasteiger charge is 2.47. The molecule has 0 bridgehead atoms. The van der Waals surface area contributed by atoms with Crippen LogP contribution in [0.25, 0.3) is 0 Å². The van der Waals surface area contributed by atoms with Crippen molar-refractivity contribution in [1.82, 2.24) is 9.62 Å². The molecule has 0 aliphatic carbocycles. The molecule has 2 aromatic rings. The van der Waals surface area contributed by atoms with Crippen molar-refractivity contribution in [3.8, 4) is 5.75 Å². The molecule has 0 aromatic heterocycles. The summed E-state index contributed by atoms with van der Waals surface area (Å²) in [6.45, 7) is 5.71. The van der Waals surface area contributed by atoms with Gasteiger partial charge in [0.25, 0.3) is 5.91 Å². The lowest BCUT2D eigenvalue weighted by atomic mass is 9.89. The van der Waals surface area contributed by atoms with Crippen molar-refractivity contribution >= 4 is 45.3 Å². The predicted octanol–water partition coefficient (Wildman–Crippen LogP) is 1.83. The van der Waals surface area contributed by atoms with Gasteiger partial charge in [0.2, 0.25) is 15.9 Å². The minimum Gasteiger partial charge on any atom is -0.508 e. The number of rotatable bonds is 11. The normalized spacial score (nSPS) is 16.9. The van der Waals surface area contributed by atoms with Gasteiger partial charge in [-0.05, 0) is 73.7 Å². The number of carbonyl (C=O) groups is 4.